The second-order valence-corrected chi connectivity index (χ2v) is 2.61. The molecule has 0 unspecified atom stereocenters. The molecule has 0 saturated heterocycles. The number of nitrogen functional groups attached to an aromatic ring is 1. The molecular weight excluding hydrogens is 191 g/mol. The molecule has 0 fully saturated rings. The number of halogens is 2. The molecule has 0 radical (unpaired) electrons. The van der Waals surface area contributed by atoms with E-state index in [1.165, 1.54) is 6.07 Å². The fraction of sp³-hybridized carbons (Fsp3) is 0. The lowest BCUT2D eigenvalue weighted by atomic mass is 10.4. The molecule has 1 rings (SSSR count). The van der Waals surface area contributed by atoms with Gasteiger partial charge in [-0.3, -0.25) is 0 Å². The highest BCUT2D eigenvalue weighted by molar-refractivity contribution is 6.41. The Hall–Kier alpha value is -0.870. The molecule has 4 nitrogen and oxygen atoms in total. The highest BCUT2D eigenvalue weighted by Gasteiger charge is 2.14. The maximum atomic E-state index is 10.4. The van der Waals surface area contributed by atoms with Gasteiger partial charge in [-0.15, -0.1) is 0 Å². The van der Waals surface area contributed by atoms with E-state index in [9.17, 15) is 4.79 Å². The SMILES string of the molecule is Nn1c(C(=O)O)cc(Cl)c1Cl. The minimum Gasteiger partial charge on any atom is -0.477 e. The lowest BCUT2D eigenvalue weighted by Crippen LogP contribution is -2.15. The molecule has 0 aromatic carbocycles. The smallest absolute Gasteiger partial charge is 0.354 e. The van der Waals surface area contributed by atoms with Gasteiger partial charge in [0.1, 0.15) is 10.8 Å². The molecule has 0 spiro atoms. The minimum atomic E-state index is -1.17. The zero-order valence-corrected chi connectivity index (χ0v) is 6.73. The van der Waals surface area contributed by atoms with Crippen LogP contribution in [0.4, 0.5) is 0 Å². The summed E-state index contributed by atoms with van der Waals surface area (Å²) in [6, 6.07) is 1.19. The second kappa shape index (κ2) is 2.64. The van der Waals surface area contributed by atoms with Gasteiger partial charge in [-0.05, 0) is 6.07 Å². The Morgan fingerprint density at radius 1 is 1.64 bits per heavy atom. The third-order valence-corrected chi connectivity index (χ3v) is 1.92. The molecule has 0 aliphatic carbocycles. The Bertz CT molecular complexity index is 308. The summed E-state index contributed by atoms with van der Waals surface area (Å²) >= 11 is 11.0. The van der Waals surface area contributed by atoms with Gasteiger partial charge < -0.3 is 10.9 Å². The van der Waals surface area contributed by atoms with Gasteiger partial charge in [0, 0.05) is 0 Å². The topological polar surface area (TPSA) is 68.2 Å². The fourth-order valence-corrected chi connectivity index (χ4v) is 0.975. The highest BCUT2D eigenvalue weighted by atomic mass is 35.5. The monoisotopic (exact) mass is 194 g/mol. The molecule has 11 heavy (non-hydrogen) atoms. The van der Waals surface area contributed by atoms with Crippen molar-refractivity contribution < 1.29 is 9.90 Å². The maximum Gasteiger partial charge on any atom is 0.354 e. The second-order valence-electron chi connectivity index (χ2n) is 1.84. The molecule has 6 heteroatoms. The number of aromatic nitrogens is 1. The Morgan fingerprint density at radius 2 is 2.18 bits per heavy atom. The first-order chi connectivity index (χ1) is 5.04. The van der Waals surface area contributed by atoms with Crippen molar-refractivity contribution in [3.8, 4) is 0 Å². The predicted octanol–water partition coefficient (Wildman–Crippen LogP) is 1.21. The molecular formula is C5H4Cl2N2O2. The van der Waals surface area contributed by atoms with E-state index >= 15 is 0 Å². The average Bonchev–Trinajstić information content (AvgIpc) is 2.17. The van der Waals surface area contributed by atoms with E-state index in [0.717, 1.165) is 4.68 Å². The summed E-state index contributed by atoms with van der Waals surface area (Å²) < 4.78 is 0.812. The lowest BCUT2D eigenvalue weighted by Gasteiger charge is -1.96. The van der Waals surface area contributed by atoms with Gasteiger partial charge in [0.05, 0.1) is 5.02 Å². The molecule has 60 valence electrons. The third-order valence-electron chi connectivity index (χ3n) is 1.15. The van der Waals surface area contributed by atoms with E-state index in [2.05, 4.69) is 0 Å². The van der Waals surface area contributed by atoms with Crippen molar-refractivity contribution in [2.24, 2.45) is 0 Å². The number of hydrogen-bond acceptors (Lipinski definition) is 2. The van der Waals surface area contributed by atoms with Gasteiger partial charge in [-0.25, -0.2) is 9.47 Å². The van der Waals surface area contributed by atoms with Crippen LogP contribution in [0.2, 0.25) is 10.2 Å². The Morgan fingerprint density at radius 3 is 2.36 bits per heavy atom. The van der Waals surface area contributed by atoms with Crippen LogP contribution in [0.1, 0.15) is 10.5 Å². The van der Waals surface area contributed by atoms with E-state index in [1.54, 1.807) is 0 Å². The quantitative estimate of drug-likeness (QED) is 0.661. The molecule has 0 saturated carbocycles. The van der Waals surface area contributed by atoms with Crippen molar-refractivity contribution in [3.05, 3.63) is 21.9 Å². The van der Waals surface area contributed by atoms with Crippen LogP contribution in [0.15, 0.2) is 6.07 Å². The highest BCUT2D eigenvalue weighted by Crippen LogP contribution is 2.23. The zero-order chi connectivity index (χ0) is 8.59. The Balaban J connectivity index is 3.29. The standard InChI is InChI=1S/C5H4Cl2N2O2/c6-2-1-3(5(10)11)9(8)4(2)7/h1H,8H2,(H,10,11). The summed E-state index contributed by atoms with van der Waals surface area (Å²) in [4.78, 5) is 10.4. The van der Waals surface area contributed by atoms with Crippen molar-refractivity contribution in [1.29, 1.82) is 0 Å². The summed E-state index contributed by atoms with van der Waals surface area (Å²) in [5.74, 6) is 4.06. The molecule has 0 amide bonds. The normalized spacial score (nSPS) is 10.0. The van der Waals surface area contributed by atoms with Crippen molar-refractivity contribution in [1.82, 2.24) is 4.68 Å². The molecule has 0 atom stereocenters. The van der Waals surface area contributed by atoms with Gasteiger partial charge in [0.15, 0.2) is 0 Å². The van der Waals surface area contributed by atoms with Gasteiger partial charge in [0.25, 0.3) is 0 Å². The first-order valence-corrected chi connectivity index (χ1v) is 3.34. The van der Waals surface area contributed by atoms with Crippen molar-refractivity contribution in [2.45, 2.75) is 0 Å². The number of carboxylic acids is 1. The summed E-state index contributed by atoms with van der Waals surface area (Å²) in [7, 11) is 0. The van der Waals surface area contributed by atoms with Crippen LogP contribution in [-0.2, 0) is 0 Å². The summed E-state index contributed by atoms with van der Waals surface area (Å²) in [6.07, 6.45) is 0. The number of rotatable bonds is 1. The van der Waals surface area contributed by atoms with E-state index in [1.807, 2.05) is 0 Å². The van der Waals surface area contributed by atoms with Gasteiger partial charge in [-0.1, -0.05) is 23.2 Å². The number of carbonyl (C=O) groups is 1. The summed E-state index contributed by atoms with van der Waals surface area (Å²) in [5, 5.41) is 8.63. The van der Waals surface area contributed by atoms with E-state index in [4.69, 9.17) is 34.2 Å². The molecule has 0 bridgehead atoms. The van der Waals surface area contributed by atoms with Crippen LogP contribution >= 0.6 is 23.2 Å². The molecule has 1 aromatic heterocycles. The van der Waals surface area contributed by atoms with Gasteiger partial charge >= 0.3 is 5.97 Å². The first-order valence-electron chi connectivity index (χ1n) is 2.59. The number of nitrogens with two attached hydrogens (primary N) is 1. The Labute approximate surface area is 72.1 Å². The Kier molecular flexibility index (Phi) is 1.97. The van der Waals surface area contributed by atoms with Crippen molar-refractivity contribution in [3.63, 3.8) is 0 Å². The van der Waals surface area contributed by atoms with Crippen LogP contribution < -0.4 is 5.84 Å². The largest absolute Gasteiger partial charge is 0.477 e. The van der Waals surface area contributed by atoms with Crippen LogP contribution in [-0.4, -0.2) is 15.8 Å². The molecule has 0 aliphatic rings. The van der Waals surface area contributed by atoms with E-state index < -0.39 is 5.97 Å². The van der Waals surface area contributed by atoms with Crippen LogP contribution in [0.25, 0.3) is 0 Å². The van der Waals surface area contributed by atoms with Crippen LogP contribution in [0.3, 0.4) is 0 Å². The first kappa shape index (κ1) is 8.23. The van der Waals surface area contributed by atoms with Gasteiger partial charge in [-0.2, -0.15) is 0 Å². The number of nitrogens with zero attached hydrogens (tertiary/aromatic N) is 1. The van der Waals surface area contributed by atoms with Crippen LogP contribution in [0.5, 0.6) is 0 Å². The van der Waals surface area contributed by atoms with E-state index in [0.29, 0.717) is 0 Å². The average molecular weight is 195 g/mol. The molecule has 1 heterocycles. The lowest BCUT2D eigenvalue weighted by molar-refractivity contribution is 0.0687. The maximum absolute atomic E-state index is 10.4. The molecule has 1 aromatic rings. The third kappa shape index (κ3) is 1.27. The van der Waals surface area contributed by atoms with E-state index in [-0.39, 0.29) is 15.9 Å². The zero-order valence-electron chi connectivity index (χ0n) is 5.21. The van der Waals surface area contributed by atoms with Crippen molar-refractivity contribution >= 4 is 29.2 Å². The fourth-order valence-electron chi connectivity index (χ4n) is 0.635. The summed E-state index contributed by atoms with van der Waals surface area (Å²) in [5.41, 5.74) is -0.139. The van der Waals surface area contributed by atoms with Crippen molar-refractivity contribution in [2.75, 3.05) is 5.84 Å². The number of hydrogen-bond donors (Lipinski definition) is 2. The number of aromatic carboxylic acids is 1. The number of carboxylic acid groups (broad SMARTS) is 1. The molecule has 3 N–H and O–H groups in total. The van der Waals surface area contributed by atoms with Gasteiger partial charge in [0.2, 0.25) is 0 Å². The summed E-state index contributed by atoms with van der Waals surface area (Å²) in [6.45, 7) is 0. The van der Waals surface area contributed by atoms with Crippen LogP contribution in [0, 0.1) is 0 Å². The predicted molar refractivity (Wildman–Crippen MR) is 41.6 cm³/mol. The minimum absolute atomic E-state index is 0.0177. The molecule has 0 aliphatic heterocycles.